The minimum absolute atomic E-state index is 0.00203. The lowest BCUT2D eigenvalue weighted by Gasteiger charge is -2.02. The molecule has 2 rings (SSSR count). The number of carbonyl (C=O) groups excluding carboxylic acids is 2. The molecule has 2 aromatic rings. The van der Waals surface area contributed by atoms with Crippen molar-refractivity contribution in [2.75, 3.05) is 7.11 Å². The topological polar surface area (TPSA) is 70.4 Å². The van der Waals surface area contributed by atoms with Crippen molar-refractivity contribution < 1.29 is 19.1 Å². The number of aromatic nitrogens is 2. The highest BCUT2D eigenvalue weighted by atomic mass is 35.5. The third kappa shape index (κ3) is 3.37. The zero-order chi connectivity index (χ0) is 15.6. The van der Waals surface area contributed by atoms with Crippen LogP contribution in [0.1, 0.15) is 24.9 Å². The molecule has 0 amide bonds. The SMILES string of the molecule is COC(=O)c1ccc(COC(=O)c2c(Cl)nn(C)c2Cl)s1. The van der Waals surface area contributed by atoms with Crippen molar-refractivity contribution >= 4 is 46.5 Å². The number of methoxy groups -OCH3 is 1. The number of esters is 2. The van der Waals surface area contributed by atoms with Crippen molar-refractivity contribution in [1.29, 1.82) is 0 Å². The molecule has 0 atom stereocenters. The van der Waals surface area contributed by atoms with E-state index < -0.39 is 11.9 Å². The summed E-state index contributed by atoms with van der Waals surface area (Å²) >= 11 is 12.9. The van der Waals surface area contributed by atoms with E-state index in [1.54, 1.807) is 19.2 Å². The first-order chi connectivity index (χ1) is 9.93. The number of hydrogen-bond acceptors (Lipinski definition) is 6. The molecule has 0 aliphatic heterocycles. The quantitative estimate of drug-likeness (QED) is 0.794. The van der Waals surface area contributed by atoms with Crippen molar-refractivity contribution in [2.45, 2.75) is 6.61 Å². The maximum atomic E-state index is 11.9. The standard InChI is InChI=1S/C12H10Cl2N2O4S/c1-16-10(14)8(9(13)15-16)12(18)20-5-6-3-4-7(21-6)11(17)19-2/h3-4H,5H2,1-2H3. The number of thiophene rings is 1. The zero-order valence-electron chi connectivity index (χ0n) is 11.1. The van der Waals surface area contributed by atoms with Gasteiger partial charge in [-0.15, -0.1) is 11.3 Å². The van der Waals surface area contributed by atoms with Crippen molar-refractivity contribution in [3.8, 4) is 0 Å². The summed E-state index contributed by atoms with van der Waals surface area (Å²) in [6.07, 6.45) is 0. The molecule has 0 spiro atoms. The first-order valence-electron chi connectivity index (χ1n) is 5.66. The van der Waals surface area contributed by atoms with Crippen LogP contribution in [0.25, 0.3) is 0 Å². The highest BCUT2D eigenvalue weighted by Gasteiger charge is 2.22. The van der Waals surface area contributed by atoms with Crippen LogP contribution in [0.4, 0.5) is 0 Å². The van der Waals surface area contributed by atoms with E-state index in [0.717, 1.165) is 0 Å². The van der Waals surface area contributed by atoms with Gasteiger partial charge in [0.25, 0.3) is 0 Å². The summed E-state index contributed by atoms with van der Waals surface area (Å²) in [7, 11) is 2.86. The molecule has 2 aromatic heterocycles. The maximum Gasteiger partial charge on any atom is 0.348 e. The van der Waals surface area contributed by atoms with Gasteiger partial charge in [0.2, 0.25) is 0 Å². The molecule has 0 aliphatic rings. The van der Waals surface area contributed by atoms with Crippen molar-refractivity contribution in [3.63, 3.8) is 0 Å². The number of ether oxygens (including phenoxy) is 2. The Bertz CT molecular complexity index is 695. The molecule has 6 nitrogen and oxygen atoms in total. The highest BCUT2D eigenvalue weighted by molar-refractivity contribution is 7.13. The van der Waals surface area contributed by atoms with Crippen LogP contribution < -0.4 is 0 Å². The van der Waals surface area contributed by atoms with E-state index in [9.17, 15) is 9.59 Å². The maximum absolute atomic E-state index is 11.9. The molecular weight excluding hydrogens is 339 g/mol. The van der Waals surface area contributed by atoms with Crippen LogP contribution in [0.3, 0.4) is 0 Å². The molecule has 0 unspecified atom stereocenters. The van der Waals surface area contributed by atoms with E-state index in [1.165, 1.54) is 23.1 Å². The average Bonchev–Trinajstić information content (AvgIpc) is 3.01. The van der Waals surface area contributed by atoms with Crippen LogP contribution in [0, 0.1) is 0 Å². The molecule has 9 heteroatoms. The lowest BCUT2D eigenvalue weighted by Crippen LogP contribution is -2.05. The molecule has 0 fully saturated rings. The molecule has 0 N–H and O–H groups in total. The molecule has 0 saturated carbocycles. The number of halogens is 2. The molecule has 0 aromatic carbocycles. The summed E-state index contributed by atoms with van der Waals surface area (Å²) in [6, 6.07) is 3.28. The van der Waals surface area contributed by atoms with Gasteiger partial charge in [-0.05, 0) is 12.1 Å². The third-order valence-electron chi connectivity index (χ3n) is 2.53. The van der Waals surface area contributed by atoms with E-state index >= 15 is 0 Å². The molecular formula is C12H10Cl2N2O4S. The van der Waals surface area contributed by atoms with Gasteiger partial charge in [-0.1, -0.05) is 23.2 Å². The predicted octanol–water partition coefficient (Wildman–Crippen LogP) is 2.93. The van der Waals surface area contributed by atoms with Crippen LogP contribution in [0.5, 0.6) is 0 Å². The number of hydrogen-bond donors (Lipinski definition) is 0. The average molecular weight is 349 g/mol. The van der Waals surface area contributed by atoms with Gasteiger partial charge in [0.1, 0.15) is 22.2 Å². The van der Waals surface area contributed by atoms with Crippen molar-refractivity contribution in [1.82, 2.24) is 9.78 Å². The summed E-state index contributed by atoms with van der Waals surface area (Å²) < 4.78 is 11.0. The second kappa shape index (κ2) is 6.46. The summed E-state index contributed by atoms with van der Waals surface area (Å²) in [6.45, 7) is 0.00203. The molecule has 0 aliphatic carbocycles. The van der Waals surface area contributed by atoms with Crippen LogP contribution >= 0.6 is 34.5 Å². The summed E-state index contributed by atoms with van der Waals surface area (Å²) in [5, 5.41) is 3.90. The Balaban J connectivity index is 2.04. The van der Waals surface area contributed by atoms with Crippen molar-refractivity contribution in [3.05, 3.63) is 37.8 Å². The smallest absolute Gasteiger partial charge is 0.348 e. The molecule has 0 saturated heterocycles. The summed E-state index contributed by atoms with van der Waals surface area (Å²) in [5.74, 6) is -1.11. The largest absolute Gasteiger partial charge is 0.465 e. The van der Waals surface area contributed by atoms with Crippen LogP contribution in [-0.4, -0.2) is 28.8 Å². The van der Waals surface area contributed by atoms with Crippen LogP contribution in [0.2, 0.25) is 10.3 Å². The van der Waals surface area contributed by atoms with Gasteiger partial charge in [-0.3, -0.25) is 4.68 Å². The summed E-state index contributed by atoms with van der Waals surface area (Å²) in [5.41, 5.74) is 0.0191. The Morgan fingerprint density at radius 2 is 2.05 bits per heavy atom. The van der Waals surface area contributed by atoms with Crippen LogP contribution in [-0.2, 0) is 23.1 Å². The Kier molecular flexibility index (Phi) is 4.87. The van der Waals surface area contributed by atoms with E-state index in [1.807, 2.05) is 0 Å². The Hall–Kier alpha value is -1.57. The third-order valence-corrected chi connectivity index (χ3v) is 4.27. The van der Waals surface area contributed by atoms with E-state index in [0.29, 0.717) is 9.75 Å². The van der Waals surface area contributed by atoms with E-state index in [2.05, 4.69) is 9.84 Å². The fourth-order valence-electron chi connectivity index (χ4n) is 1.52. The normalized spacial score (nSPS) is 10.5. The van der Waals surface area contributed by atoms with Gasteiger partial charge in [-0.25, -0.2) is 9.59 Å². The van der Waals surface area contributed by atoms with Gasteiger partial charge >= 0.3 is 11.9 Å². The second-order valence-electron chi connectivity index (χ2n) is 3.91. The summed E-state index contributed by atoms with van der Waals surface area (Å²) in [4.78, 5) is 24.4. The number of carbonyl (C=O) groups is 2. The van der Waals surface area contributed by atoms with Crippen molar-refractivity contribution in [2.24, 2.45) is 7.05 Å². The predicted molar refractivity (Wildman–Crippen MR) is 78.0 cm³/mol. The van der Waals surface area contributed by atoms with E-state index in [4.69, 9.17) is 27.9 Å². The molecule has 2 heterocycles. The molecule has 21 heavy (non-hydrogen) atoms. The minimum Gasteiger partial charge on any atom is -0.465 e. The van der Waals surface area contributed by atoms with Gasteiger partial charge < -0.3 is 9.47 Å². The first kappa shape index (κ1) is 15.8. The molecule has 0 bridgehead atoms. The fourth-order valence-corrected chi connectivity index (χ4v) is 2.89. The van der Waals surface area contributed by atoms with E-state index in [-0.39, 0.29) is 22.5 Å². The number of rotatable bonds is 4. The lowest BCUT2D eigenvalue weighted by molar-refractivity contribution is 0.0476. The second-order valence-corrected chi connectivity index (χ2v) is 5.80. The van der Waals surface area contributed by atoms with Gasteiger partial charge in [0.15, 0.2) is 5.15 Å². The minimum atomic E-state index is -0.675. The van der Waals surface area contributed by atoms with Gasteiger partial charge in [-0.2, -0.15) is 5.10 Å². The number of nitrogens with zero attached hydrogens (tertiary/aromatic N) is 2. The molecule has 112 valence electrons. The number of aryl methyl sites for hydroxylation is 1. The Morgan fingerprint density at radius 3 is 2.62 bits per heavy atom. The molecule has 0 radical (unpaired) electrons. The fraction of sp³-hybridized carbons (Fsp3) is 0.250. The van der Waals surface area contributed by atoms with Gasteiger partial charge in [0, 0.05) is 11.9 Å². The lowest BCUT2D eigenvalue weighted by atomic mass is 10.3. The monoisotopic (exact) mass is 348 g/mol. The first-order valence-corrected chi connectivity index (χ1v) is 7.23. The zero-order valence-corrected chi connectivity index (χ0v) is 13.4. The Labute approximate surface area is 134 Å². The Morgan fingerprint density at radius 1 is 1.33 bits per heavy atom. The highest BCUT2D eigenvalue weighted by Crippen LogP contribution is 2.25. The van der Waals surface area contributed by atoms with Crippen LogP contribution in [0.15, 0.2) is 12.1 Å². The van der Waals surface area contributed by atoms with Gasteiger partial charge in [0.05, 0.1) is 7.11 Å².